The quantitative estimate of drug-likeness (QED) is 0.702. The van der Waals surface area contributed by atoms with E-state index in [1.54, 1.807) is 30.3 Å². The molecule has 0 aliphatic carbocycles. The van der Waals surface area contributed by atoms with Gasteiger partial charge in [0.1, 0.15) is 5.69 Å². The Kier molecular flexibility index (Phi) is 4.76. The highest BCUT2D eigenvalue weighted by atomic mass is 35.5. The van der Waals surface area contributed by atoms with Crippen LogP contribution < -0.4 is 20.1 Å². The van der Waals surface area contributed by atoms with Gasteiger partial charge in [-0.2, -0.15) is 0 Å². The minimum Gasteiger partial charge on any atom is -0.454 e. The molecule has 2 heterocycles. The number of carbonyl (C=O) groups excluding carboxylic acids is 1. The fraction of sp³-hybridized carbons (Fsp3) is 0.105. The minimum absolute atomic E-state index is 0.207. The summed E-state index contributed by atoms with van der Waals surface area (Å²) in [6.07, 6.45) is 1.53. The maximum Gasteiger partial charge on any atom is 0.270 e. The molecule has 0 saturated carbocycles. The van der Waals surface area contributed by atoms with Crippen molar-refractivity contribution in [1.82, 2.24) is 15.3 Å². The third-order valence-electron chi connectivity index (χ3n) is 3.88. The summed E-state index contributed by atoms with van der Waals surface area (Å²) < 4.78 is 10.6. The van der Waals surface area contributed by atoms with Crippen LogP contribution in [-0.4, -0.2) is 22.7 Å². The van der Waals surface area contributed by atoms with Gasteiger partial charge in [-0.1, -0.05) is 23.7 Å². The van der Waals surface area contributed by atoms with Crippen molar-refractivity contribution in [3.63, 3.8) is 0 Å². The van der Waals surface area contributed by atoms with E-state index in [2.05, 4.69) is 20.6 Å². The van der Waals surface area contributed by atoms with Gasteiger partial charge in [0.25, 0.3) is 5.91 Å². The Morgan fingerprint density at radius 1 is 1.07 bits per heavy atom. The Morgan fingerprint density at radius 3 is 2.74 bits per heavy atom. The highest BCUT2D eigenvalue weighted by Gasteiger charge is 2.14. The van der Waals surface area contributed by atoms with Gasteiger partial charge >= 0.3 is 0 Å². The van der Waals surface area contributed by atoms with Gasteiger partial charge in [0.15, 0.2) is 11.5 Å². The molecule has 0 fully saturated rings. The summed E-state index contributed by atoms with van der Waals surface area (Å²) in [5.41, 5.74) is 1.95. The molecule has 136 valence electrons. The first-order valence-corrected chi connectivity index (χ1v) is 8.57. The number of fused-ring (bicyclic) bond motifs is 1. The summed E-state index contributed by atoms with van der Waals surface area (Å²) in [6, 6.07) is 14.2. The lowest BCUT2D eigenvalue weighted by Crippen LogP contribution is -2.24. The molecule has 7 nitrogen and oxygen atoms in total. The predicted molar refractivity (Wildman–Crippen MR) is 101 cm³/mol. The van der Waals surface area contributed by atoms with E-state index >= 15 is 0 Å². The van der Waals surface area contributed by atoms with Crippen molar-refractivity contribution in [3.8, 4) is 11.5 Å². The monoisotopic (exact) mass is 382 g/mol. The van der Waals surface area contributed by atoms with E-state index in [1.807, 2.05) is 18.2 Å². The second-order valence-electron chi connectivity index (χ2n) is 5.77. The molecule has 0 spiro atoms. The molecule has 0 unspecified atom stereocenters. The second kappa shape index (κ2) is 7.51. The molecule has 1 aliphatic heterocycles. The van der Waals surface area contributed by atoms with E-state index in [0.29, 0.717) is 29.0 Å². The third-order valence-corrected chi connectivity index (χ3v) is 4.14. The highest BCUT2D eigenvalue weighted by Crippen LogP contribution is 2.34. The molecule has 1 amide bonds. The van der Waals surface area contributed by atoms with E-state index in [0.717, 1.165) is 11.3 Å². The van der Waals surface area contributed by atoms with Gasteiger partial charge in [0.2, 0.25) is 12.7 Å². The summed E-state index contributed by atoms with van der Waals surface area (Å²) in [4.78, 5) is 20.8. The SMILES string of the molecule is O=C(NCc1ccc(Cl)cc1)c1ccnc(Nc2ccc3c(c2)OCO3)n1. The van der Waals surface area contributed by atoms with E-state index in [-0.39, 0.29) is 18.4 Å². The number of benzene rings is 2. The predicted octanol–water partition coefficient (Wildman–Crippen LogP) is 3.53. The largest absolute Gasteiger partial charge is 0.454 e. The summed E-state index contributed by atoms with van der Waals surface area (Å²) in [6.45, 7) is 0.587. The zero-order valence-electron chi connectivity index (χ0n) is 14.1. The number of nitrogens with zero attached hydrogens (tertiary/aromatic N) is 2. The zero-order valence-corrected chi connectivity index (χ0v) is 14.9. The summed E-state index contributed by atoms with van der Waals surface area (Å²) in [5, 5.41) is 6.53. The number of halogens is 1. The van der Waals surface area contributed by atoms with Crippen LogP contribution >= 0.6 is 11.6 Å². The van der Waals surface area contributed by atoms with Gasteiger partial charge in [-0.25, -0.2) is 9.97 Å². The average molecular weight is 383 g/mol. The van der Waals surface area contributed by atoms with Crippen molar-refractivity contribution in [3.05, 3.63) is 71.0 Å². The number of rotatable bonds is 5. The molecule has 1 aliphatic rings. The standard InChI is InChI=1S/C19H15ClN4O3/c20-13-3-1-12(2-4-13)10-22-18(25)15-7-8-21-19(24-15)23-14-5-6-16-17(9-14)27-11-26-16/h1-9H,10-11H2,(H,22,25)(H,21,23,24). The molecule has 1 aromatic heterocycles. The number of carbonyl (C=O) groups is 1. The van der Waals surface area contributed by atoms with Gasteiger partial charge in [0, 0.05) is 29.5 Å². The molecule has 2 N–H and O–H groups in total. The number of aromatic nitrogens is 2. The first-order chi connectivity index (χ1) is 13.2. The molecule has 8 heteroatoms. The number of hydrogen-bond acceptors (Lipinski definition) is 6. The number of amides is 1. The van der Waals surface area contributed by atoms with Crippen LogP contribution in [0, 0.1) is 0 Å². The van der Waals surface area contributed by atoms with Crippen LogP contribution in [0.15, 0.2) is 54.7 Å². The molecule has 4 rings (SSSR count). The Morgan fingerprint density at radius 2 is 1.89 bits per heavy atom. The first-order valence-electron chi connectivity index (χ1n) is 8.20. The molecular formula is C19H15ClN4O3. The van der Waals surface area contributed by atoms with Crippen molar-refractivity contribution in [1.29, 1.82) is 0 Å². The normalized spacial score (nSPS) is 11.9. The van der Waals surface area contributed by atoms with Gasteiger partial charge < -0.3 is 20.1 Å². The summed E-state index contributed by atoms with van der Waals surface area (Å²) >= 11 is 5.86. The number of anilines is 2. The fourth-order valence-corrected chi connectivity index (χ4v) is 2.65. The lowest BCUT2D eigenvalue weighted by atomic mass is 10.2. The Labute approximate surface area is 160 Å². The fourth-order valence-electron chi connectivity index (χ4n) is 2.52. The number of nitrogens with one attached hydrogen (secondary N) is 2. The molecule has 2 aromatic carbocycles. The maximum atomic E-state index is 12.4. The van der Waals surface area contributed by atoms with Gasteiger partial charge in [0.05, 0.1) is 0 Å². The van der Waals surface area contributed by atoms with Crippen LogP contribution in [0.5, 0.6) is 11.5 Å². The maximum absolute atomic E-state index is 12.4. The van der Waals surface area contributed by atoms with E-state index in [1.165, 1.54) is 6.20 Å². The summed E-state index contributed by atoms with van der Waals surface area (Å²) in [7, 11) is 0. The van der Waals surface area contributed by atoms with Gasteiger partial charge in [-0.3, -0.25) is 4.79 Å². The van der Waals surface area contributed by atoms with Crippen LogP contribution in [0.3, 0.4) is 0 Å². The average Bonchev–Trinajstić information content (AvgIpc) is 3.15. The second-order valence-corrected chi connectivity index (χ2v) is 6.20. The Bertz CT molecular complexity index is 979. The van der Waals surface area contributed by atoms with Crippen molar-refractivity contribution in [2.24, 2.45) is 0 Å². The van der Waals surface area contributed by atoms with Crippen LogP contribution in [0.25, 0.3) is 0 Å². The molecule has 0 radical (unpaired) electrons. The van der Waals surface area contributed by atoms with Crippen molar-refractivity contribution < 1.29 is 14.3 Å². The number of ether oxygens (including phenoxy) is 2. The molecule has 0 atom stereocenters. The van der Waals surface area contributed by atoms with Crippen LogP contribution in [-0.2, 0) is 6.54 Å². The smallest absolute Gasteiger partial charge is 0.270 e. The van der Waals surface area contributed by atoms with E-state index < -0.39 is 0 Å². The third kappa shape index (κ3) is 4.09. The lowest BCUT2D eigenvalue weighted by Gasteiger charge is -2.08. The van der Waals surface area contributed by atoms with Crippen LogP contribution in [0.2, 0.25) is 5.02 Å². The van der Waals surface area contributed by atoms with Crippen molar-refractivity contribution in [2.45, 2.75) is 6.54 Å². The number of hydrogen-bond donors (Lipinski definition) is 2. The molecule has 0 bridgehead atoms. The first kappa shape index (κ1) is 17.1. The molecule has 0 saturated heterocycles. The lowest BCUT2D eigenvalue weighted by molar-refractivity contribution is 0.0946. The summed E-state index contributed by atoms with van der Waals surface area (Å²) in [5.74, 6) is 1.36. The highest BCUT2D eigenvalue weighted by molar-refractivity contribution is 6.30. The Balaban J connectivity index is 1.42. The van der Waals surface area contributed by atoms with Gasteiger partial charge in [-0.15, -0.1) is 0 Å². The topological polar surface area (TPSA) is 85.4 Å². The van der Waals surface area contributed by atoms with Crippen LogP contribution in [0.1, 0.15) is 16.1 Å². The molecular weight excluding hydrogens is 368 g/mol. The van der Waals surface area contributed by atoms with Crippen molar-refractivity contribution >= 4 is 29.1 Å². The Hall–Kier alpha value is -3.32. The van der Waals surface area contributed by atoms with Gasteiger partial charge in [-0.05, 0) is 35.9 Å². The van der Waals surface area contributed by atoms with E-state index in [9.17, 15) is 4.79 Å². The van der Waals surface area contributed by atoms with Crippen molar-refractivity contribution in [2.75, 3.05) is 12.1 Å². The minimum atomic E-state index is -0.291. The van der Waals surface area contributed by atoms with Crippen LogP contribution in [0.4, 0.5) is 11.6 Å². The molecule has 27 heavy (non-hydrogen) atoms. The molecule has 3 aromatic rings. The zero-order chi connectivity index (χ0) is 18.6. The van der Waals surface area contributed by atoms with E-state index in [4.69, 9.17) is 21.1 Å².